The quantitative estimate of drug-likeness (QED) is 0.819. The second-order valence-electron chi connectivity index (χ2n) is 4.81. The summed E-state index contributed by atoms with van der Waals surface area (Å²) < 4.78 is 12.7. The van der Waals surface area contributed by atoms with Crippen LogP contribution in [0.4, 0.5) is 4.39 Å². The third kappa shape index (κ3) is 5.60. The second kappa shape index (κ2) is 7.84. The lowest BCUT2D eigenvalue weighted by molar-refractivity contribution is -0.120. The Kier molecular flexibility index (Phi) is 5.81. The number of carbonyl (C=O) groups is 1. The number of carbonyl (C=O) groups excluding carboxylic acids is 1. The van der Waals surface area contributed by atoms with Crippen molar-refractivity contribution in [2.45, 2.75) is 24.8 Å². The molecule has 0 heterocycles. The topological polar surface area (TPSA) is 29.1 Å². The van der Waals surface area contributed by atoms with Gasteiger partial charge in [-0.2, -0.15) is 0 Å². The monoisotopic (exact) mass is 303 g/mol. The van der Waals surface area contributed by atoms with Crippen LogP contribution in [0.15, 0.2) is 53.4 Å². The third-order valence-corrected chi connectivity index (χ3v) is 4.04. The molecule has 4 heteroatoms. The van der Waals surface area contributed by atoms with Crippen molar-refractivity contribution < 1.29 is 9.18 Å². The SMILES string of the molecule is Cc1ccc(SCCC(=O)NCc2ccc(F)cc2)cc1. The van der Waals surface area contributed by atoms with Gasteiger partial charge in [-0.15, -0.1) is 11.8 Å². The van der Waals surface area contributed by atoms with Crippen LogP contribution in [0.5, 0.6) is 0 Å². The average Bonchev–Trinajstić information content (AvgIpc) is 2.49. The van der Waals surface area contributed by atoms with Gasteiger partial charge < -0.3 is 5.32 Å². The summed E-state index contributed by atoms with van der Waals surface area (Å²) in [7, 11) is 0. The van der Waals surface area contributed by atoms with E-state index in [4.69, 9.17) is 0 Å². The van der Waals surface area contributed by atoms with Crippen molar-refractivity contribution >= 4 is 17.7 Å². The molecule has 2 nitrogen and oxygen atoms in total. The van der Waals surface area contributed by atoms with Gasteiger partial charge in [0.1, 0.15) is 5.82 Å². The molecule has 1 amide bonds. The number of nitrogens with one attached hydrogen (secondary N) is 1. The van der Waals surface area contributed by atoms with E-state index in [1.165, 1.54) is 22.6 Å². The molecule has 110 valence electrons. The highest BCUT2D eigenvalue weighted by Crippen LogP contribution is 2.18. The lowest BCUT2D eigenvalue weighted by Crippen LogP contribution is -2.22. The maximum absolute atomic E-state index is 12.7. The summed E-state index contributed by atoms with van der Waals surface area (Å²) in [6, 6.07) is 14.4. The van der Waals surface area contributed by atoms with E-state index in [1.807, 2.05) is 0 Å². The first-order chi connectivity index (χ1) is 10.1. The van der Waals surface area contributed by atoms with Crippen LogP contribution < -0.4 is 5.32 Å². The molecule has 0 spiro atoms. The maximum atomic E-state index is 12.7. The molecule has 0 radical (unpaired) electrons. The lowest BCUT2D eigenvalue weighted by atomic mass is 10.2. The molecule has 0 unspecified atom stereocenters. The zero-order chi connectivity index (χ0) is 15.1. The normalized spacial score (nSPS) is 10.4. The van der Waals surface area contributed by atoms with Gasteiger partial charge in [-0.05, 0) is 36.8 Å². The van der Waals surface area contributed by atoms with Crippen LogP contribution in [-0.4, -0.2) is 11.7 Å². The first kappa shape index (κ1) is 15.6. The van der Waals surface area contributed by atoms with Crippen molar-refractivity contribution in [3.05, 3.63) is 65.5 Å². The van der Waals surface area contributed by atoms with E-state index in [2.05, 4.69) is 36.5 Å². The summed E-state index contributed by atoms with van der Waals surface area (Å²) in [5, 5.41) is 2.84. The Labute approximate surface area is 128 Å². The van der Waals surface area contributed by atoms with Gasteiger partial charge in [0.15, 0.2) is 0 Å². The van der Waals surface area contributed by atoms with Gasteiger partial charge in [0.25, 0.3) is 0 Å². The Morgan fingerprint density at radius 3 is 2.43 bits per heavy atom. The predicted octanol–water partition coefficient (Wildman–Crippen LogP) is 3.93. The highest BCUT2D eigenvalue weighted by Gasteiger charge is 2.02. The van der Waals surface area contributed by atoms with Crippen LogP contribution in [0.1, 0.15) is 17.5 Å². The molecule has 2 aromatic carbocycles. The smallest absolute Gasteiger partial charge is 0.221 e. The van der Waals surface area contributed by atoms with E-state index in [9.17, 15) is 9.18 Å². The largest absolute Gasteiger partial charge is 0.352 e. The Morgan fingerprint density at radius 2 is 1.76 bits per heavy atom. The van der Waals surface area contributed by atoms with E-state index in [0.717, 1.165) is 11.3 Å². The van der Waals surface area contributed by atoms with Crippen molar-refractivity contribution in [3.63, 3.8) is 0 Å². The zero-order valence-corrected chi connectivity index (χ0v) is 12.8. The number of thioether (sulfide) groups is 1. The van der Waals surface area contributed by atoms with Crippen molar-refractivity contribution in [2.24, 2.45) is 0 Å². The van der Waals surface area contributed by atoms with Crippen LogP contribution in [0.2, 0.25) is 0 Å². The lowest BCUT2D eigenvalue weighted by Gasteiger charge is -2.06. The van der Waals surface area contributed by atoms with Crippen LogP contribution in [-0.2, 0) is 11.3 Å². The third-order valence-electron chi connectivity index (χ3n) is 3.02. The molecule has 2 aromatic rings. The van der Waals surface area contributed by atoms with E-state index >= 15 is 0 Å². The molecule has 21 heavy (non-hydrogen) atoms. The summed E-state index contributed by atoms with van der Waals surface area (Å²) in [4.78, 5) is 12.9. The molecule has 0 saturated carbocycles. The number of aryl methyl sites for hydroxylation is 1. The fourth-order valence-corrected chi connectivity index (χ4v) is 2.64. The minimum Gasteiger partial charge on any atom is -0.352 e. The molecule has 0 aliphatic carbocycles. The van der Waals surface area contributed by atoms with Crippen LogP contribution in [0.25, 0.3) is 0 Å². The number of hydrogen-bond donors (Lipinski definition) is 1. The minimum absolute atomic E-state index is 0.0129. The fraction of sp³-hybridized carbons (Fsp3) is 0.235. The van der Waals surface area contributed by atoms with E-state index < -0.39 is 0 Å². The number of benzene rings is 2. The predicted molar refractivity (Wildman–Crippen MR) is 84.8 cm³/mol. The molecule has 0 fully saturated rings. The Morgan fingerprint density at radius 1 is 1.10 bits per heavy atom. The fourth-order valence-electron chi connectivity index (χ4n) is 1.79. The van der Waals surface area contributed by atoms with Gasteiger partial charge in [0, 0.05) is 23.6 Å². The standard InChI is InChI=1S/C17H18FNOS/c1-13-2-8-16(9-3-13)21-11-10-17(20)19-12-14-4-6-15(18)7-5-14/h2-9H,10-12H2,1H3,(H,19,20). The number of halogens is 1. The molecule has 0 bridgehead atoms. The Balaban J connectivity index is 1.67. The van der Waals surface area contributed by atoms with E-state index in [-0.39, 0.29) is 11.7 Å². The average molecular weight is 303 g/mol. The number of amides is 1. The first-order valence-electron chi connectivity index (χ1n) is 6.84. The molecule has 0 aromatic heterocycles. The summed E-state index contributed by atoms with van der Waals surface area (Å²) in [6.07, 6.45) is 0.472. The van der Waals surface area contributed by atoms with E-state index in [1.54, 1.807) is 23.9 Å². The van der Waals surface area contributed by atoms with E-state index in [0.29, 0.717) is 13.0 Å². The maximum Gasteiger partial charge on any atom is 0.221 e. The molecular formula is C17H18FNOS. The van der Waals surface area contributed by atoms with Gasteiger partial charge >= 0.3 is 0 Å². The summed E-state index contributed by atoms with van der Waals surface area (Å²) in [5.74, 6) is 0.497. The highest BCUT2D eigenvalue weighted by molar-refractivity contribution is 7.99. The number of rotatable bonds is 6. The van der Waals surface area contributed by atoms with Gasteiger partial charge in [-0.1, -0.05) is 29.8 Å². The molecule has 0 aliphatic heterocycles. The Bertz CT molecular complexity index is 581. The molecule has 0 aliphatic rings. The molecule has 2 rings (SSSR count). The minimum atomic E-state index is -0.264. The second-order valence-corrected chi connectivity index (χ2v) is 5.98. The summed E-state index contributed by atoms with van der Waals surface area (Å²) in [5.41, 5.74) is 2.13. The van der Waals surface area contributed by atoms with Crippen molar-refractivity contribution in [3.8, 4) is 0 Å². The van der Waals surface area contributed by atoms with Crippen LogP contribution in [0, 0.1) is 12.7 Å². The zero-order valence-electron chi connectivity index (χ0n) is 11.9. The molecule has 0 saturated heterocycles. The van der Waals surface area contributed by atoms with Crippen molar-refractivity contribution in [2.75, 3.05) is 5.75 Å². The van der Waals surface area contributed by atoms with Gasteiger partial charge in [-0.3, -0.25) is 4.79 Å². The van der Waals surface area contributed by atoms with Crippen LogP contribution in [0.3, 0.4) is 0 Å². The van der Waals surface area contributed by atoms with Crippen molar-refractivity contribution in [1.82, 2.24) is 5.32 Å². The Hall–Kier alpha value is -1.81. The molecular weight excluding hydrogens is 285 g/mol. The van der Waals surface area contributed by atoms with Gasteiger partial charge in [-0.25, -0.2) is 4.39 Å². The van der Waals surface area contributed by atoms with Crippen LogP contribution >= 0.6 is 11.8 Å². The summed E-state index contributed by atoms with van der Waals surface area (Å²) in [6.45, 7) is 2.49. The highest BCUT2D eigenvalue weighted by atomic mass is 32.2. The molecule has 0 atom stereocenters. The molecule has 1 N–H and O–H groups in total. The van der Waals surface area contributed by atoms with Gasteiger partial charge in [0.2, 0.25) is 5.91 Å². The summed E-state index contributed by atoms with van der Waals surface area (Å²) >= 11 is 1.67. The van der Waals surface area contributed by atoms with Gasteiger partial charge in [0.05, 0.1) is 0 Å². The first-order valence-corrected chi connectivity index (χ1v) is 7.82. The number of hydrogen-bond acceptors (Lipinski definition) is 2. The van der Waals surface area contributed by atoms with Crippen molar-refractivity contribution in [1.29, 1.82) is 0 Å².